The molecule has 2 heteroatoms. The molecule has 2 aromatic rings. The molecule has 2 rings (SSSR count). The molecule has 0 bridgehead atoms. The molecule has 2 nitrogen and oxygen atoms in total. The van der Waals surface area contributed by atoms with Crippen molar-refractivity contribution in [3.63, 3.8) is 0 Å². The van der Waals surface area contributed by atoms with Crippen LogP contribution in [-0.4, -0.2) is 12.8 Å². The fourth-order valence-electron chi connectivity index (χ4n) is 1.53. The lowest BCUT2D eigenvalue weighted by molar-refractivity contribution is 0.363. The van der Waals surface area contributed by atoms with Gasteiger partial charge in [-0.2, -0.15) is 0 Å². The monoisotopic (exact) mass is 237 g/mol. The zero-order valence-corrected chi connectivity index (χ0v) is 10.1. The van der Waals surface area contributed by atoms with Crippen LogP contribution < -0.4 is 4.74 Å². The van der Waals surface area contributed by atoms with Crippen LogP contribution in [0, 0.1) is 0 Å². The van der Waals surface area contributed by atoms with Gasteiger partial charge in [0.25, 0.3) is 0 Å². The van der Waals surface area contributed by atoms with E-state index in [1.54, 1.807) is 6.08 Å². The molecule has 0 N–H and O–H groups in total. The van der Waals surface area contributed by atoms with Gasteiger partial charge in [0.1, 0.15) is 12.4 Å². The number of aliphatic imine (C=N–C) groups is 1. The van der Waals surface area contributed by atoms with E-state index in [0.717, 1.165) is 17.0 Å². The summed E-state index contributed by atoms with van der Waals surface area (Å²) in [4.78, 5) is 4.41. The third-order valence-electron chi connectivity index (χ3n) is 2.38. The van der Waals surface area contributed by atoms with Crippen LogP contribution in [0.25, 0.3) is 0 Å². The molecular formula is C16H15NO. The van der Waals surface area contributed by atoms with Gasteiger partial charge < -0.3 is 4.74 Å². The van der Waals surface area contributed by atoms with E-state index in [1.165, 1.54) is 0 Å². The Morgan fingerprint density at radius 2 is 1.72 bits per heavy atom. The van der Waals surface area contributed by atoms with Crippen molar-refractivity contribution < 1.29 is 4.74 Å². The molecule has 0 saturated heterocycles. The van der Waals surface area contributed by atoms with Gasteiger partial charge >= 0.3 is 0 Å². The van der Waals surface area contributed by atoms with Crippen LogP contribution in [0.4, 0.5) is 5.69 Å². The zero-order chi connectivity index (χ0) is 12.6. The Morgan fingerprint density at radius 1 is 1.00 bits per heavy atom. The molecule has 0 unspecified atom stereocenters. The van der Waals surface area contributed by atoms with Gasteiger partial charge in [0, 0.05) is 11.8 Å². The Hall–Kier alpha value is -2.35. The average molecular weight is 237 g/mol. The third-order valence-corrected chi connectivity index (χ3v) is 2.38. The van der Waals surface area contributed by atoms with Crippen molar-refractivity contribution in [3.05, 3.63) is 72.8 Å². The molecule has 18 heavy (non-hydrogen) atoms. The van der Waals surface area contributed by atoms with Crippen LogP contribution in [0.2, 0.25) is 0 Å². The van der Waals surface area contributed by atoms with Gasteiger partial charge in [0.15, 0.2) is 0 Å². The highest BCUT2D eigenvalue weighted by atomic mass is 16.5. The second-order valence-corrected chi connectivity index (χ2v) is 3.73. The van der Waals surface area contributed by atoms with Crippen LogP contribution in [0.5, 0.6) is 5.75 Å². The minimum Gasteiger partial charge on any atom is -0.489 e. The number of rotatable bonds is 5. The highest BCUT2D eigenvalue weighted by Crippen LogP contribution is 2.17. The summed E-state index contributed by atoms with van der Waals surface area (Å²) in [6.45, 7) is 4.14. The maximum atomic E-state index is 5.57. The summed E-state index contributed by atoms with van der Waals surface area (Å²) in [6, 6.07) is 17.6. The van der Waals surface area contributed by atoms with Crippen molar-refractivity contribution in [3.8, 4) is 5.75 Å². The Bertz CT molecular complexity index is 532. The highest BCUT2D eigenvalue weighted by molar-refractivity contribution is 5.85. The number of para-hydroxylation sites is 2. The normalized spacial score (nSPS) is 10.4. The van der Waals surface area contributed by atoms with Gasteiger partial charge in [-0.1, -0.05) is 43.0 Å². The Balaban J connectivity index is 2.18. The van der Waals surface area contributed by atoms with Gasteiger partial charge in [-0.3, -0.25) is 4.99 Å². The quantitative estimate of drug-likeness (QED) is 0.569. The SMILES string of the molecule is C=CCOc1ccccc1C=Nc1ccccc1. The number of nitrogens with zero attached hydrogens (tertiary/aromatic N) is 1. The first kappa shape index (κ1) is 12.1. The van der Waals surface area contributed by atoms with E-state index < -0.39 is 0 Å². The topological polar surface area (TPSA) is 21.6 Å². The maximum Gasteiger partial charge on any atom is 0.128 e. The van der Waals surface area contributed by atoms with Crippen molar-refractivity contribution in [2.24, 2.45) is 4.99 Å². The van der Waals surface area contributed by atoms with Crippen LogP contribution in [0.15, 0.2) is 72.2 Å². The molecule has 0 radical (unpaired) electrons. The fourth-order valence-corrected chi connectivity index (χ4v) is 1.53. The summed E-state index contributed by atoms with van der Waals surface area (Å²) in [5.74, 6) is 0.817. The van der Waals surface area contributed by atoms with E-state index in [4.69, 9.17) is 4.74 Å². The molecule has 0 aliphatic carbocycles. The van der Waals surface area contributed by atoms with E-state index in [2.05, 4.69) is 11.6 Å². The Labute approximate surface area is 107 Å². The molecule has 90 valence electrons. The molecule has 0 atom stereocenters. The first-order valence-corrected chi connectivity index (χ1v) is 5.82. The number of hydrogen-bond donors (Lipinski definition) is 0. The van der Waals surface area contributed by atoms with Crippen LogP contribution in [0.1, 0.15) is 5.56 Å². The van der Waals surface area contributed by atoms with Gasteiger partial charge in [-0.05, 0) is 24.3 Å². The van der Waals surface area contributed by atoms with Gasteiger partial charge in [0.2, 0.25) is 0 Å². The van der Waals surface area contributed by atoms with Crippen molar-refractivity contribution in [2.45, 2.75) is 0 Å². The highest BCUT2D eigenvalue weighted by Gasteiger charge is 1.98. The smallest absolute Gasteiger partial charge is 0.128 e. The lowest BCUT2D eigenvalue weighted by atomic mass is 10.2. The van der Waals surface area contributed by atoms with Crippen molar-refractivity contribution in [1.29, 1.82) is 0 Å². The molecule has 0 aliphatic heterocycles. The molecule has 0 aromatic heterocycles. The summed E-state index contributed by atoms with van der Waals surface area (Å²) in [6.07, 6.45) is 3.54. The summed E-state index contributed by atoms with van der Waals surface area (Å²) < 4.78 is 5.57. The second kappa shape index (κ2) is 6.40. The van der Waals surface area contributed by atoms with Gasteiger partial charge in [-0.25, -0.2) is 0 Å². The first-order chi connectivity index (χ1) is 8.90. The van der Waals surface area contributed by atoms with E-state index in [0.29, 0.717) is 6.61 Å². The Kier molecular flexibility index (Phi) is 4.31. The number of benzene rings is 2. The summed E-state index contributed by atoms with van der Waals surface area (Å²) in [5, 5.41) is 0. The molecular weight excluding hydrogens is 222 g/mol. The first-order valence-electron chi connectivity index (χ1n) is 5.82. The average Bonchev–Trinajstić information content (AvgIpc) is 2.45. The fraction of sp³-hybridized carbons (Fsp3) is 0.0625. The molecule has 0 saturated carbocycles. The minimum absolute atomic E-state index is 0.496. The molecule has 0 amide bonds. The Morgan fingerprint density at radius 3 is 2.50 bits per heavy atom. The third kappa shape index (κ3) is 3.32. The number of ether oxygens (including phenoxy) is 1. The summed E-state index contributed by atoms with van der Waals surface area (Å²) in [5.41, 5.74) is 1.89. The molecule has 0 fully saturated rings. The lowest BCUT2D eigenvalue weighted by Gasteiger charge is -2.05. The second-order valence-electron chi connectivity index (χ2n) is 3.73. The van der Waals surface area contributed by atoms with Crippen molar-refractivity contribution in [1.82, 2.24) is 0 Å². The lowest BCUT2D eigenvalue weighted by Crippen LogP contribution is -1.96. The standard InChI is InChI=1S/C16H15NO/c1-2-12-18-16-11-7-6-8-14(16)13-17-15-9-4-3-5-10-15/h2-11,13H,1,12H2. The van der Waals surface area contributed by atoms with Crippen LogP contribution in [0.3, 0.4) is 0 Å². The van der Waals surface area contributed by atoms with Crippen LogP contribution in [-0.2, 0) is 0 Å². The molecule has 0 spiro atoms. The van der Waals surface area contributed by atoms with Gasteiger partial charge in [0.05, 0.1) is 5.69 Å². The van der Waals surface area contributed by atoms with Crippen LogP contribution >= 0.6 is 0 Å². The zero-order valence-electron chi connectivity index (χ0n) is 10.1. The predicted octanol–water partition coefficient (Wildman–Crippen LogP) is 4.00. The van der Waals surface area contributed by atoms with E-state index in [1.807, 2.05) is 60.8 Å². The summed E-state index contributed by atoms with van der Waals surface area (Å²) >= 11 is 0. The predicted molar refractivity (Wildman–Crippen MR) is 75.8 cm³/mol. The number of hydrogen-bond acceptors (Lipinski definition) is 2. The molecule has 0 aliphatic rings. The van der Waals surface area contributed by atoms with E-state index in [9.17, 15) is 0 Å². The molecule has 0 heterocycles. The van der Waals surface area contributed by atoms with Crippen molar-refractivity contribution in [2.75, 3.05) is 6.61 Å². The van der Waals surface area contributed by atoms with E-state index >= 15 is 0 Å². The maximum absolute atomic E-state index is 5.57. The summed E-state index contributed by atoms with van der Waals surface area (Å²) in [7, 11) is 0. The van der Waals surface area contributed by atoms with Gasteiger partial charge in [-0.15, -0.1) is 0 Å². The van der Waals surface area contributed by atoms with E-state index in [-0.39, 0.29) is 0 Å². The molecule has 2 aromatic carbocycles. The largest absolute Gasteiger partial charge is 0.489 e. The van der Waals surface area contributed by atoms with Crippen molar-refractivity contribution >= 4 is 11.9 Å². The minimum atomic E-state index is 0.496.